The van der Waals surface area contributed by atoms with E-state index in [1.165, 1.54) is 0 Å². The Morgan fingerprint density at radius 3 is 1.62 bits per heavy atom. The molecule has 45 heavy (non-hydrogen) atoms. The van der Waals surface area contributed by atoms with E-state index >= 15 is 0 Å². The van der Waals surface area contributed by atoms with Gasteiger partial charge in [0.1, 0.15) is 11.2 Å². The molecule has 0 atom stereocenters. The maximum absolute atomic E-state index is 9.49. The lowest BCUT2D eigenvalue weighted by Crippen LogP contribution is -1.92. The van der Waals surface area contributed by atoms with Crippen LogP contribution in [0.3, 0.4) is 0 Å². The highest BCUT2D eigenvalue weighted by Gasteiger charge is 2.18. The number of furan rings is 1. The molecule has 0 bridgehead atoms. The molecule has 1 aromatic heterocycles. The first-order chi connectivity index (χ1) is 31.1. The van der Waals surface area contributed by atoms with Crippen LogP contribution in [0.1, 0.15) is 28.8 Å². The van der Waals surface area contributed by atoms with Gasteiger partial charge in [0.2, 0.25) is 0 Å². The van der Waals surface area contributed by atoms with E-state index in [1.54, 1.807) is 30.3 Å². The van der Waals surface area contributed by atoms with Gasteiger partial charge in [0.25, 0.3) is 0 Å². The van der Waals surface area contributed by atoms with E-state index in [4.69, 9.17) is 20.9 Å². The van der Waals surface area contributed by atoms with Gasteiger partial charge in [-0.3, -0.25) is 0 Å². The van der Waals surface area contributed by atoms with Gasteiger partial charge >= 0.3 is 0 Å². The van der Waals surface area contributed by atoms with Crippen molar-refractivity contribution in [2.75, 3.05) is 0 Å². The molecule has 0 amide bonds. The summed E-state index contributed by atoms with van der Waals surface area (Å²) in [4.78, 5) is 0. The zero-order valence-corrected chi connectivity index (χ0v) is 22.9. The minimum Gasteiger partial charge on any atom is -0.456 e. The van der Waals surface area contributed by atoms with E-state index in [2.05, 4.69) is 0 Å². The first kappa shape index (κ1) is 12.2. The van der Waals surface area contributed by atoms with E-state index in [-0.39, 0.29) is 11.1 Å². The summed E-state index contributed by atoms with van der Waals surface area (Å²) in [6.07, 6.45) is 0. The second-order valence-electron chi connectivity index (χ2n) is 10.1. The third-order valence-electron chi connectivity index (χ3n) is 7.60. The van der Waals surface area contributed by atoms with Crippen LogP contribution >= 0.6 is 0 Å². The monoisotopic (exact) mass is 593 g/mol. The number of para-hydroxylation sites is 1. The Bertz CT molecular complexity index is 3590. The molecule has 1 heterocycles. The van der Waals surface area contributed by atoms with Crippen molar-refractivity contribution < 1.29 is 33.2 Å². The topological polar surface area (TPSA) is 13.1 Å². The average Bonchev–Trinajstić information content (AvgIpc) is 3.68. The molecule has 9 rings (SSSR count). The molecule has 0 radical (unpaired) electrons. The van der Waals surface area contributed by atoms with Crippen LogP contribution in [0, 0.1) is 0 Å². The van der Waals surface area contributed by atoms with Crippen LogP contribution < -0.4 is 0 Å². The van der Waals surface area contributed by atoms with Gasteiger partial charge in [-0.25, -0.2) is 0 Å². The van der Waals surface area contributed by atoms with Crippen molar-refractivity contribution in [2.24, 2.45) is 0 Å². The minimum atomic E-state index is -0.983. The van der Waals surface area contributed by atoms with Gasteiger partial charge in [0.05, 0.1) is 28.8 Å². The molecule has 1 heteroatoms. The summed E-state index contributed by atoms with van der Waals surface area (Å²) >= 11 is 0. The Morgan fingerprint density at radius 1 is 0.356 bits per heavy atom. The predicted octanol–water partition coefficient (Wildman–Crippen LogP) is 12.6. The summed E-state index contributed by atoms with van der Waals surface area (Å²) in [5.41, 5.74) is -3.26. The molecule has 0 saturated heterocycles. The molecule has 0 aliphatic carbocycles. The Balaban J connectivity index is 1.53. The minimum absolute atomic E-state index is 0.200. The van der Waals surface area contributed by atoms with Gasteiger partial charge in [-0.2, -0.15) is 0 Å². The second-order valence-corrected chi connectivity index (χ2v) is 10.1. The maximum Gasteiger partial charge on any atom is 0.136 e. The number of fused-ring (bicyclic) bond motifs is 5. The molecule has 0 aliphatic rings. The van der Waals surface area contributed by atoms with Gasteiger partial charge in [-0.05, 0) is 84.3 Å². The zero-order valence-electron chi connectivity index (χ0n) is 43.9. The first-order valence-electron chi connectivity index (χ1n) is 24.2. The molecule has 0 fully saturated rings. The first-order valence-corrected chi connectivity index (χ1v) is 13.7. The van der Waals surface area contributed by atoms with Gasteiger partial charge in [-0.15, -0.1) is 0 Å². The maximum atomic E-state index is 9.49. The molecule has 0 spiro atoms. The lowest BCUT2D eigenvalue weighted by molar-refractivity contribution is 0.669. The third-order valence-corrected chi connectivity index (χ3v) is 7.60. The normalized spacial score (nSPS) is 18.1. The van der Waals surface area contributed by atoms with Crippen LogP contribution in [0.5, 0.6) is 0 Å². The van der Waals surface area contributed by atoms with E-state index in [9.17, 15) is 12.3 Å². The van der Waals surface area contributed by atoms with Crippen molar-refractivity contribution in [2.45, 2.75) is 0 Å². The molecular weight excluding hydrogens is 544 g/mol. The Hall–Kier alpha value is -5.92. The molecule has 8 aromatic carbocycles. The third kappa shape index (κ3) is 4.17. The van der Waals surface area contributed by atoms with Crippen molar-refractivity contribution >= 4 is 43.5 Å². The van der Waals surface area contributed by atoms with Crippen LogP contribution in [0.2, 0.25) is 0 Å². The van der Waals surface area contributed by atoms with Gasteiger partial charge in [0, 0.05) is 10.8 Å². The van der Waals surface area contributed by atoms with Gasteiger partial charge in [0.15, 0.2) is 0 Å². The van der Waals surface area contributed by atoms with Crippen molar-refractivity contribution in [3.05, 3.63) is 169 Å². The molecule has 0 saturated carbocycles. The summed E-state index contributed by atoms with van der Waals surface area (Å²) in [6, 6.07) is -6.53. The van der Waals surface area contributed by atoms with Gasteiger partial charge in [-0.1, -0.05) is 151 Å². The van der Waals surface area contributed by atoms with Crippen LogP contribution in [-0.2, 0) is 0 Å². The van der Waals surface area contributed by atoms with Crippen molar-refractivity contribution in [3.8, 4) is 44.5 Å². The molecule has 0 unspecified atom stereocenters. The van der Waals surface area contributed by atoms with Crippen molar-refractivity contribution in [1.82, 2.24) is 0 Å². The van der Waals surface area contributed by atoms with E-state index in [0.29, 0.717) is 16.6 Å². The van der Waals surface area contributed by atoms with Crippen LogP contribution in [-0.4, -0.2) is 0 Å². The molecule has 1 nitrogen and oxygen atoms in total. The van der Waals surface area contributed by atoms with Crippen LogP contribution in [0.4, 0.5) is 0 Å². The fourth-order valence-electron chi connectivity index (χ4n) is 5.65. The molecule has 210 valence electrons. The summed E-state index contributed by atoms with van der Waals surface area (Å²) in [5.74, 6) is 0. The smallest absolute Gasteiger partial charge is 0.136 e. The fourth-order valence-corrected chi connectivity index (χ4v) is 5.65. The van der Waals surface area contributed by atoms with E-state index in [1.807, 2.05) is 12.1 Å². The highest BCUT2D eigenvalue weighted by Crippen LogP contribution is 2.46. The van der Waals surface area contributed by atoms with Crippen molar-refractivity contribution in [1.29, 1.82) is 0 Å². The number of hydrogen-bond donors (Lipinski definition) is 0. The summed E-state index contributed by atoms with van der Waals surface area (Å²) in [5, 5.41) is -1.10. The molecule has 9 aromatic rings. The predicted molar refractivity (Wildman–Crippen MR) is 190 cm³/mol. The number of rotatable bonds is 4. The van der Waals surface area contributed by atoms with Crippen LogP contribution in [0.25, 0.3) is 88.0 Å². The Labute approximate surface area is 291 Å². The summed E-state index contributed by atoms with van der Waals surface area (Å²) in [7, 11) is 0. The summed E-state index contributed by atoms with van der Waals surface area (Å²) < 4.78 is 195. The highest BCUT2D eigenvalue weighted by molar-refractivity contribution is 6.22. The second kappa shape index (κ2) is 10.4. The van der Waals surface area contributed by atoms with Crippen LogP contribution in [0.15, 0.2) is 174 Å². The van der Waals surface area contributed by atoms with Crippen molar-refractivity contribution in [3.63, 3.8) is 0 Å². The lowest BCUT2D eigenvalue weighted by Gasteiger charge is -2.19. The lowest BCUT2D eigenvalue weighted by atomic mass is 9.83. The largest absolute Gasteiger partial charge is 0.456 e. The Morgan fingerprint density at radius 2 is 0.911 bits per heavy atom. The van der Waals surface area contributed by atoms with E-state index < -0.39 is 182 Å². The zero-order chi connectivity index (χ0) is 48.0. The SMILES string of the molecule is [2H]c1c([2H])c([2H])c(-c2c([2H])c([2H])c([2H])c([2H])c2-c2c3c([2H])c([2H])c([2H])c([2H])c3c(-c3c([2H])c([2H])c(-c4ccc5c(c4)oc4ccccc45)c([2H])c3[2H])c3c([2H])c([2H])c([2H])c([2H])c23)c([2H])c1[2H]. The fraction of sp³-hybridized carbons (Fsp3) is 0. The number of benzene rings is 8. The number of hydrogen-bond acceptors (Lipinski definition) is 1. The quantitative estimate of drug-likeness (QED) is 0.185. The Kier molecular flexibility index (Phi) is 2.82. The average molecular weight is 594 g/mol. The molecular formula is C44H28O. The summed E-state index contributed by atoms with van der Waals surface area (Å²) in [6.45, 7) is 0. The van der Waals surface area contributed by atoms with Gasteiger partial charge < -0.3 is 4.42 Å². The standard InChI is InChI=1S/C44H28O/c1-2-12-30(13-3-1)33-14-4-5-16-36(33)44-39-19-8-6-17-37(39)43(38-18-7-9-20-40(38)44)31-24-22-29(23-25-31)32-26-27-35-34-15-10-11-21-41(34)45-42(35)28-32/h1-28H/i1D,2D,3D,4D,5D,6D,7D,8D,9D,12D,13D,14D,16D,17D,18D,19D,20D,22D,23D,24D,25D. The highest BCUT2D eigenvalue weighted by atomic mass is 16.3. The van der Waals surface area contributed by atoms with E-state index in [0.717, 1.165) is 5.39 Å². The molecule has 0 aliphatic heterocycles. The molecule has 0 N–H and O–H groups in total.